The highest BCUT2D eigenvalue weighted by atomic mass is 16.5. The summed E-state index contributed by atoms with van der Waals surface area (Å²) in [5, 5.41) is 0. The molecule has 0 N–H and O–H groups in total. The van der Waals surface area contributed by atoms with Crippen LogP contribution in [0.3, 0.4) is 0 Å². The Hall–Kier alpha value is -1.40. The van der Waals surface area contributed by atoms with Crippen molar-refractivity contribution in [3.05, 3.63) is 12.3 Å². The van der Waals surface area contributed by atoms with Crippen molar-refractivity contribution in [3.63, 3.8) is 0 Å². The van der Waals surface area contributed by atoms with Crippen LogP contribution < -0.4 is 9.64 Å². The van der Waals surface area contributed by atoms with Gasteiger partial charge in [0.2, 0.25) is 11.8 Å². The predicted molar refractivity (Wildman–Crippen MR) is 92.1 cm³/mol. The molecule has 23 heavy (non-hydrogen) atoms. The first kappa shape index (κ1) is 16.5. The molecule has 0 bridgehead atoms. The quantitative estimate of drug-likeness (QED) is 0.819. The fourth-order valence-electron chi connectivity index (χ4n) is 3.41. The molecule has 0 saturated carbocycles. The number of aromatic nitrogens is 2. The van der Waals surface area contributed by atoms with E-state index in [4.69, 9.17) is 4.74 Å². The second kappa shape index (κ2) is 8.45. The second-order valence-corrected chi connectivity index (χ2v) is 6.48. The Morgan fingerprint density at radius 3 is 2.22 bits per heavy atom. The summed E-state index contributed by atoms with van der Waals surface area (Å²) in [5.41, 5.74) is 0. The Kier molecular flexibility index (Phi) is 6.05. The van der Waals surface area contributed by atoms with Gasteiger partial charge >= 0.3 is 0 Å². The van der Waals surface area contributed by atoms with Crippen LogP contribution in [0.15, 0.2) is 12.3 Å². The fourth-order valence-corrected chi connectivity index (χ4v) is 3.41. The molecule has 0 aliphatic carbocycles. The van der Waals surface area contributed by atoms with Gasteiger partial charge in [-0.05, 0) is 25.9 Å². The zero-order valence-electron chi connectivity index (χ0n) is 14.3. The Morgan fingerprint density at radius 1 is 0.913 bits per heavy atom. The SMILES string of the molecule is COc1ccnc(N2CCN(CCN3CCCCCC3)CC2)n1. The van der Waals surface area contributed by atoms with E-state index in [1.165, 1.54) is 51.9 Å². The number of anilines is 1. The molecule has 0 atom stereocenters. The highest BCUT2D eigenvalue weighted by Crippen LogP contribution is 2.15. The van der Waals surface area contributed by atoms with Crippen molar-refractivity contribution in [2.75, 3.05) is 64.4 Å². The third kappa shape index (κ3) is 4.78. The number of likely N-dealkylation sites (tertiary alicyclic amines) is 1. The van der Waals surface area contributed by atoms with E-state index < -0.39 is 0 Å². The number of piperazine rings is 1. The molecular formula is C17H29N5O. The van der Waals surface area contributed by atoms with Crippen molar-refractivity contribution < 1.29 is 4.74 Å². The molecule has 0 amide bonds. The van der Waals surface area contributed by atoms with Gasteiger partial charge in [-0.25, -0.2) is 4.98 Å². The van der Waals surface area contributed by atoms with E-state index in [-0.39, 0.29) is 0 Å². The largest absolute Gasteiger partial charge is 0.481 e. The maximum atomic E-state index is 5.19. The minimum Gasteiger partial charge on any atom is -0.481 e. The van der Waals surface area contributed by atoms with Crippen LogP contribution in [0.25, 0.3) is 0 Å². The lowest BCUT2D eigenvalue weighted by Crippen LogP contribution is -2.49. The van der Waals surface area contributed by atoms with Crippen LogP contribution in [0.4, 0.5) is 5.95 Å². The first-order valence-corrected chi connectivity index (χ1v) is 8.92. The van der Waals surface area contributed by atoms with Gasteiger partial charge in [0.05, 0.1) is 7.11 Å². The molecule has 2 aliphatic rings. The lowest BCUT2D eigenvalue weighted by Gasteiger charge is -2.35. The zero-order chi connectivity index (χ0) is 15.9. The average Bonchev–Trinajstić information content (AvgIpc) is 2.89. The van der Waals surface area contributed by atoms with Gasteiger partial charge in [0.1, 0.15) is 0 Å². The van der Waals surface area contributed by atoms with Crippen molar-refractivity contribution in [1.82, 2.24) is 19.8 Å². The summed E-state index contributed by atoms with van der Waals surface area (Å²) in [4.78, 5) is 16.3. The normalized spacial score (nSPS) is 21.2. The summed E-state index contributed by atoms with van der Waals surface area (Å²) in [6.45, 7) is 9.15. The van der Waals surface area contributed by atoms with Crippen LogP contribution in [0.2, 0.25) is 0 Å². The van der Waals surface area contributed by atoms with E-state index in [0.29, 0.717) is 5.88 Å². The molecule has 0 spiro atoms. The van der Waals surface area contributed by atoms with Gasteiger partial charge in [-0.15, -0.1) is 0 Å². The molecule has 3 heterocycles. The molecule has 128 valence electrons. The van der Waals surface area contributed by atoms with Crippen LogP contribution in [-0.4, -0.2) is 79.2 Å². The first-order valence-electron chi connectivity index (χ1n) is 8.92. The monoisotopic (exact) mass is 319 g/mol. The van der Waals surface area contributed by atoms with Crippen molar-refractivity contribution in [2.45, 2.75) is 25.7 Å². The number of hydrogen-bond donors (Lipinski definition) is 0. The summed E-state index contributed by atoms with van der Waals surface area (Å²) >= 11 is 0. The molecule has 2 fully saturated rings. The molecule has 6 nitrogen and oxygen atoms in total. The van der Waals surface area contributed by atoms with Crippen molar-refractivity contribution in [2.24, 2.45) is 0 Å². The van der Waals surface area contributed by atoms with Gasteiger partial charge in [0.15, 0.2) is 0 Å². The van der Waals surface area contributed by atoms with Gasteiger partial charge in [0, 0.05) is 51.5 Å². The topological polar surface area (TPSA) is 44.7 Å². The smallest absolute Gasteiger partial charge is 0.228 e. The summed E-state index contributed by atoms with van der Waals surface area (Å²) in [6, 6.07) is 1.79. The van der Waals surface area contributed by atoms with E-state index in [1.54, 1.807) is 19.4 Å². The molecule has 3 rings (SSSR count). The predicted octanol–water partition coefficient (Wildman–Crippen LogP) is 1.48. The number of methoxy groups -OCH3 is 1. The Morgan fingerprint density at radius 2 is 1.57 bits per heavy atom. The highest BCUT2D eigenvalue weighted by Gasteiger charge is 2.20. The highest BCUT2D eigenvalue weighted by molar-refractivity contribution is 5.32. The van der Waals surface area contributed by atoms with Crippen LogP contribution in [-0.2, 0) is 0 Å². The standard InChI is InChI=1S/C17H29N5O/c1-23-16-6-7-18-17(19-16)22-14-12-21(13-15-22)11-10-20-8-4-2-3-5-9-20/h6-7H,2-5,8-15H2,1H3. The lowest BCUT2D eigenvalue weighted by molar-refractivity contribution is 0.199. The van der Waals surface area contributed by atoms with Gasteiger partial charge in [-0.2, -0.15) is 4.98 Å². The number of hydrogen-bond acceptors (Lipinski definition) is 6. The van der Waals surface area contributed by atoms with E-state index >= 15 is 0 Å². The summed E-state index contributed by atoms with van der Waals surface area (Å²) < 4.78 is 5.19. The fraction of sp³-hybridized carbons (Fsp3) is 0.765. The van der Waals surface area contributed by atoms with E-state index in [2.05, 4.69) is 24.7 Å². The van der Waals surface area contributed by atoms with E-state index in [1.807, 2.05) is 0 Å². The van der Waals surface area contributed by atoms with Crippen molar-refractivity contribution >= 4 is 5.95 Å². The molecule has 0 radical (unpaired) electrons. The van der Waals surface area contributed by atoms with Gasteiger partial charge in [-0.3, -0.25) is 4.90 Å². The number of rotatable bonds is 5. The molecular weight excluding hydrogens is 290 g/mol. The van der Waals surface area contributed by atoms with E-state index in [0.717, 1.165) is 32.1 Å². The Bertz CT molecular complexity index is 468. The Labute approximate surface area is 139 Å². The molecule has 0 aromatic carbocycles. The average molecular weight is 319 g/mol. The molecule has 6 heteroatoms. The molecule has 0 unspecified atom stereocenters. The molecule has 1 aromatic heterocycles. The first-order chi connectivity index (χ1) is 11.3. The maximum Gasteiger partial charge on any atom is 0.228 e. The number of nitrogens with zero attached hydrogens (tertiary/aromatic N) is 5. The van der Waals surface area contributed by atoms with Gasteiger partial charge in [0.25, 0.3) is 0 Å². The molecule has 2 saturated heterocycles. The van der Waals surface area contributed by atoms with Gasteiger partial charge < -0.3 is 14.5 Å². The summed E-state index contributed by atoms with van der Waals surface area (Å²) in [7, 11) is 1.65. The second-order valence-electron chi connectivity index (χ2n) is 6.48. The van der Waals surface area contributed by atoms with Crippen molar-refractivity contribution in [3.8, 4) is 5.88 Å². The minimum absolute atomic E-state index is 0.638. The molecule has 1 aromatic rings. The minimum atomic E-state index is 0.638. The maximum absolute atomic E-state index is 5.19. The van der Waals surface area contributed by atoms with E-state index in [9.17, 15) is 0 Å². The van der Waals surface area contributed by atoms with Crippen LogP contribution in [0, 0.1) is 0 Å². The third-order valence-corrected chi connectivity index (χ3v) is 4.91. The Balaban J connectivity index is 1.42. The summed E-state index contributed by atoms with van der Waals surface area (Å²) in [5.74, 6) is 1.43. The van der Waals surface area contributed by atoms with Gasteiger partial charge in [-0.1, -0.05) is 12.8 Å². The zero-order valence-corrected chi connectivity index (χ0v) is 14.3. The van der Waals surface area contributed by atoms with Crippen LogP contribution in [0.1, 0.15) is 25.7 Å². The number of ether oxygens (including phenoxy) is 1. The third-order valence-electron chi connectivity index (χ3n) is 4.91. The van der Waals surface area contributed by atoms with Crippen LogP contribution in [0.5, 0.6) is 5.88 Å². The van der Waals surface area contributed by atoms with Crippen LogP contribution >= 0.6 is 0 Å². The summed E-state index contributed by atoms with van der Waals surface area (Å²) in [6.07, 6.45) is 7.35. The van der Waals surface area contributed by atoms with Crippen molar-refractivity contribution in [1.29, 1.82) is 0 Å². The lowest BCUT2D eigenvalue weighted by atomic mass is 10.2. The molecule has 2 aliphatic heterocycles.